The van der Waals surface area contributed by atoms with Gasteiger partial charge in [0.2, 0.25) is 0 Å². The van der Waals surface area contributed by atoms with Gasteiger partial charge in [-0.15, -0.1) is 24.0 Å². The Hall–Kier alpha value is -2.62. The molecule has 0 aliphatic carbocycles. The number of guanidine groups is 1. The molecule has 0 radical (unpaired) electrons. The van der Waals surface area contributed by atoms with Crippen LogP contribution in [0.15, 0.2) is 53.7 Å². The fourth-order valence-electron chi connectivity index (χ4n) is 3.26. The number of carbonyl (C=O) groups is 1. The first kappa shape index (κ1) is 24.6. The highest BCUT2D eigenvalue weighted by atomic mass is 127. The quantitative estimate of drug-likeness (QED) is 0.200. The molecule has 0 aliphatic rings. The van der Waals surface area contributed by atoms with E-state index in [0.717, 1.165) is 35.0 Å². The van der Waals surface area contributed by atoms with Crippen molar-refractivity contribution in [3.63, 3.8) is 0 Å². The molecule has 4 N–H and O–H groups in total. The minimum Gasteiger partial charge on any atom is -0.361 e. The normalized spacial score (nSPS) is 11.1. The second-order valence-electron chi connectivity index (χ2n) is 6.94. The van der Waals surface area contributed by atoms with Gasteiger partial charge in [0.05, 0.1) is 6.54 Å². The zero-order valence-corrected chi connectivity index (χ0v) is 20.1. The highest BCUT2D eigenvalue weighted by Crippen LogP contribution is 2.19. The van der Waals surface area contributed by atoms with Crippen LogP contribution in [0.5, 0.6) is 0 Å². The number of nitrogens with one attached hydrogen (secondary N) is 4. The predicted octanol–water partition coefficient (Wildman–Crippen LogP) is 3.97. The van der Waals surface area contributed by atoms with Crippen LogP contribution in [0.3, 0.4) is 0 Å². The smallest absolute Gasteiger partial charge is 0.251 e. The van der Waals surface area contributed by atoms with E-state index in [-0.39, 0.29) is 35.7 Å². The van der Waals surface area contributed by atoms with Crippen molar-refractivity contribution in [3.05, 3.63) is 71.2 Å². The summed E-state index contributed by atoms with van der Waals surface area (Å²) in [6.45, 7) is 6.36. The lowest BCUT2D eigenvalue weighted by molar-refractivity contribution is 0.0955. The monoisotopic (exact) mass is 537 g/mol. The van der Waals surface area contributed by atoms with Crippen molar-refractivity contribution in [2.45, 2.75) is 26.8 Å². The number of benzene rings is 2. The Kier molecular flexibility index (Phi) is 9.77. The van der Waals surface area contributed by atoms with Crippen molar-refractivity contribution in [1.29, 1.82) is 0 Å². The molecule has 0 unspecified atom stereocenters. The van der Waals surface area contributed by atoms with Gasteiger partial charge in [0, 0.05) is 42.3 Å². The van der Waals surface area contributed by atoms with E-state index in [0.29, 0.717) is 31.2 Å². The van der Waals surface area contributed by atoms with Gasteiger partial charge in [0.25, 0.3) is 5.91 Å². The summed E-state index contributed by atoms with van der Waals surface area (Å²) in [5, 5.41) is 10.3. The first-order valence-corrected chi connectivity index (χ1v) is 10.3. The van der Waals surface area contributed by atoms with Crippen LogP contribution in [0.25, 0.3) is 10.9 Å². The minimum absolute atomic E-state index is 0. The number of amides is 1. The number of rotatable bonds is 8. The lowest BCUT2D eigenvalue weighted by atomic mass is 10.1. The minimum atomic E-state index is -0.235. The summed E-state index contributed by atoms with van der Waals surface area (Å²) >= 11 is 0. The molecule has 8 heteroatoms. The fraction of sp³-hybridized carbons (Fsp3) is 0.304. The molecule has 0 saturated carbocycles. The van der Waals surface area contributed by atoms with Crippen molar-refractivity contribution >= 4 is 46.7 Å². The Morgan fingerprint density at radius 3 is 2.65 bits per heavy atom. The highest BCUT2D eigenvalue weighted by molar-refractivity contribution is 14.0. The van der Waals surface area contributed by atoms with Crippen molar-refractivity contribution in [1.82, 2.24) is 20.9 Å². The van der Waals surface area contributed by atoms with Gasteiger partial charge in [-0.25, -0.2) is 9.38 Å². The van der Waals surface area contributed by atoms with Gasteiger partial charge < -0.3 is 20.9 Å². The summed E-state index contributed by atoms with van der Waals surface area (Å²) in [4.78, 5) is 19.8. The molecule has 2 aromatic carbocycles. The summed E-state index contributed by atoms with van der Waals surface area (Å²) in [5.74, 6) is 0.386. The molecule has 1 aromatic heterocycles. The number of hydrogen-bond acceptors (Lipinski definition) is 2. The molecule has 6 nitrogen and oxygen atoms in total. The van der Waals surface area contributed by atoms with Crippen LogP contribution >= 0.6 is 24.0 Å². The molecule has 0 spiro atoms. The standard InChI is InChI=1S/C23H28FN5O.HI/c1-3-25-22(30)17-7-5-6-16(12-17)14-29-23(26-4-2)27-11-10-18-15-28-21-9-8-19(24)13-20(18)21;/h5-9,12-13,15,28H,3-4,10-11,14H2,1-2H3,(H,25,30)(H2,26,27,29);1H. The number of hydrogen-bond donors (Lipinski definition) is 4. The fourth-order valence-corrected chi connectivity index (χ4v) is 3.26. The van der Waals surface area contributed by atoms with Crippen LogP contribution in [0.4, 0.5) is 4.39 Å². The second-order valence-corrected chi connectivity index (χ2v) is 6.94. The number of halogens is 2. The summed E-state index contributed by atoms with van der Waals surface area (Å²) in [6, 6.07) is 12.2. The molecule has 31 heavy (non-hydrogen) atoms. The van der Waals surface area contributed by atoms with E-state index in [1.165, 1.54) is 6.07 Å². The number of nitrogens with zero attached hydrogens (tertiary/aromatic N) is 1. The number of fused-ring (bicyclic) bond motifs is 1. The molecule has 1 heterocycles. The highest BCUT2D eigenvalue weighted by Gasteiger charge is 2.07. The molecule has 3 aromatic rings. The lowest BCUT2D eigenvalue weighted by Gasteiger charge is -2.11. The Labute approximate surface area is 199 Å². The zero-order valence-electron chi connectivity index (χ0n) is 17.8. The van der Waals surface area contributed by atoms with Gasteiger partial charge in [-0.05, 0) is 61.7 Å². The summed E-state index contributed by atoms with van der Waals surface area (Å²) in [5.41, 5.74) is 3.58. The van der Waals surface area contributed by atoms with Gasteiger partial charge in [-0.3, -0.25) is 4.79 Å². The number of carbonyl (C=O) groups excluding carboxylic acids is 1. The van der Waals surface area contributed by atoms with Crippen LogP contribution in [-0.2, 0) is 13.0 Å². The van der Waals surface area contributed by atoms with Crippen molar-refractivity contribution in [2.75, 3.05) is 19.6 Å². The Bertz CT molecular complexity index is 1030. The molecule has 0 atom stereocenters. The van der Waals surface area contributed by atoms with E-state index in [1.54, 1.807) is 18.2 Å². The predicted molar refractivity (Wildman–Crippen MR) is 135 cm³/mol. The topological polar surface area (TPSA) is 81.3 Å². The maximum absolute atomic E-state index is 13.5. The van der Waals surface area contributed by atoms with Gasteiger partial charge in [0.1, 0.15) is 5.82 Å². The Morgan fingerprint density at radius 2 is 1.87 bits per heavy atom. The van der Waals surface area contributed by atoms with Crippen molar-refractivity contribution < 1.29 is 9.18 Å². The van der Waals surface area contributed by atoms with Crippen LogP contribution in [0, 0.1) is 5.82 Å². The molecule has 0 fully saturated rings. The molecule has 1 amide bonds. The van der Waals surface area contributed by atoms with Crippen LogP contribution < -0.4 is 16.0 Å². The third-order valence-corrected chi connectivity index (χ3v) is 4.71. The Balaban J connectivity index is 0.00000341. The number of aliphatic imine (C=N–C) groups is 1. The number of aromatic amines is 1. The zero-order chi connectivity index (χ0) is 21.3. The van der Waals surface area contributed by atoms with E-state index in [1.807, 2.05) is 38.2 Å². The van der Waals surface area contributed by atoms with Crippen molar-refractivity contribution in [2.24, 2.45) is 4.99 Å². The van der Waals surface area contributed by atoms with Gasteiger partial charge in [0.15, 0.2) is 5.96 Å². The molecule has 166 valence electrons. The van der Waals surface area contributed by atoms with Crippen LogP contribution in [-0.4, -0.2) is 36.5 Å². The van der Waals surface area contributed by atoms with Gasteiger partial charge >= 0.3 is 0 Å². The van der Waals surface area contributed by atoms with E-state index in [2.05, 4.69) is 25.9 Å². The van der Waals surface area contributed by atoms with E-state index in [4.69, 9.17) is 0 Å². The molecular formula is C23H29FIN5O. The molecule has 0 aliphatic heterocycles. The summed E-state index contributed by atoms with van der Waals surface area (Å²) in [6.07, 6.45) is 2.66. The molecule has 0 saturated heterocycles. The average molecular weight is 537 g/mol. The summed E-state index contributed by atoms with van der Waals surface area (Å²) in [7, 11) is 0. The Morgan fingerprint density at radius 1 is 1.06 bits per heavy atom. The number of H-pyrrole nitrogens is 1. The van der Waals surface area contributed by atoms with Crippen LogP contribution in [0.2, 0.25) is 0 Å². The maximum Gasteiger partial charge on any atom is 0.251 e. The second kappa shape index (κ2) is 12.3. The van der Waals surface area contributed by atoms with E-state index in [9.17, 15) is 9.18 Å². The average Bonchev–Trinajstić information content (AvgIpc) is 3.14. The van der Waals surface area contributed by atoms with E-state index >= 15 is 0 Å². The number of aromatic nitrogens is 1. The molecule has 0 bridgehead atoms. The third kappa shape index (κ3) is 6.95. The SMILES string of the molecule is CCNC(=O)c1cccc(CN=C(NCC)NCCc2c[nH]c3ccc(F)cc23)c1.I. The third-order valence-electron chi connectivity index (χ3n) is 4.71. The lowest BCUT2D eigenvalue weighted by Crippen LogP contribution is -2.38. The summed E-state index contributed by atoms with van der Waals surface area (Å²) < 4.78 is 13.5. The first-order valence-electron chi connectivity index (χ1n) is 10.3. The first-order chi connectivity index (χ1) is 14.6. The van der Waals surface area contributed by atoms with E-state index < -0.39 is 0 Å². The van der Waals surface area contributed by atoms with Gasteiger partial charge in [-0.2, -0.15) is 0 Å². The van der Waals surface area contributed by atoms with Gasteiger partial charge in [-0.1, -0.05) is 12.1 Å². The largest absolute Gasteiger partial charge is 0.361 e. The maximum atomic E-state index is 13.5. The van der Waals surface area contributed by atoms with Crippen LogP contribution in [0.1, 0.15) is 35.3 Å². The molecule has 3 rings (SSSR count). The van der Waals surface area contributed by atoms with Crippen molar-refractivity contribution in [3.8, 4) is 0 Å². The molecular weight excluding hydrogens is 508 g/mol.